The lowest BCUT2D eigenvalue weighted by molar-refractivity contribution is 0.142. The summed E-state index contributed by atoms with van der Waals surface area (Å²) in [5, 5.41) is 22.6. The standard InChI is InChI=1S/C11H14N4O.C5H11NO/c16-8-2-1-5-15(6-8)11-9-3-4-12-10(9)13-7-14-11;7-5-2-1-3-6-4-5/h3-4,7-8,16H,1-2,5-6H2,(H,12,13,14);5-7H,1-4H2. The number of β-amino-alcohol motifs (C(OH)–C–C–N with tert-alkyl or cyclic N) is 2. The lowest BCUT2D eigenvalue weighted by atomic mass is 10.1. The normalized spacial score (nSPS) is 25.0. The second kappa shape index (κ2) is 7.72. The Bertz CT molecular complexity index is 611. The zero-order valence-electron chi connectivity index (χ0n) is 13.3. The molecule has 2 aromatic heterocycles. The number of aromatic amines is 1. The van der Waals surface area contributed by atoms with Crippen LogP contribution in [0.2, 0.25) is 0 Å². The Morgan fingerprint density at radius 1 is 1.13 bits per heavy atom. The monoisotopic (exact) mass is 319 g/mol. The molecule has 0 bridgehead atoms. The third-order valence-electron chi connectivity index (χ3n) is 4.30. The van der Waals surface area contributed by atoms with Gasteiger partial charge in [-0.1, -0.05) is 0 Å². The van der Waals surface area contributed by atoms with Crippen molar-refractivity contribution in [3.8, 4) is 0 Å². The fraction of sp³-hybridized carbons (Fsp3) is 0.625. The van der Waals surface area contributed by atoms with Gasteiger partial charge in [-0.15, -0.1) is 0 Å². The summed E-state index contributed by atoms with van der Waals surface area (Å²) in [6, 6.07) is 1.98. The lowest BCUT2D eigenvalue weighted by Crippen LogP contribution is -2.38. The van der Waals surface area contributed by atoms with Crippen LogP contribution in [0.3, 0.4) is 0 Å². The van der Waals surface area contributed by atoms with Gasteiger partial charge in [0.25, 0.3) is 0 Å². The van der Waals surface area contributed by atoms with Crippen LogP contribution in [0.4, 0.5) is 5.82 Å². The van der Waals surface area contributed by atoms with E-state index in [9.17, 15) is 5.11 Å². The number of aromatic nitrogens is 3. The number of fused-ring (bicyclic) bond motifs is 1. The number of anilines is 1. The summed E-state index contributed by atoms with van der Waals surface area (Å²) in [6.45, 7) is 3.49. The van der Waals surface area contributed by atoms with E-state index in [0.717, 1.165) is 62.2 Å². The lowest BCUT2D eigenvalue weighted by Gasteiger charge is -2.31. The molecule has 0 amide bonds. The first-order valence-corrected chi connectivity index (χ1v) is 8.34. The number of aliphatic hydroxyl groups is 2. The second-order valence-corrected chi connectivity index (χ2v) is 6.18. The van der Waals surface area contributed by atoms with E-state index in [-0.39, 0.29) is 12.2 Å². The van der Waals surface area contributed by atoms with Gasteiger partial charge >= 0.3 is 0 Å². The molecule has 4 rings (SSSR count). The van der Waals surface area contributed by atoms with E-state index in [1.54, 1.807) is 6.33 Å². The highest BCUT2D eigenvalue weighted by Gasteiger charge is 2.20. The molecule has 23 heavy (non-hydrogen) atoms. The van der Waals surface area contributed by atoms with Crippen molar-refractivity contribution in [1.82, 2.24) is 20.3 Å². The molecular formula is C16H25N5O2. The van der Waals surface area contributed by atoms with Crippen LogP contribution in [-0.2, 0) is 0 Å². The number of hydrogen-bond acceptors (Lipinski definition) is 6. The van der Waals surface area contributed by atoms with Crippen molar-refractivity contribution in [2.24, 2.45) is 0 Å². The molecule has 126 valence electrons. The Morgan fingerprint density at radius 3 is 2.70 bits per heavy atom. The minimum absolute atomic E-state index is 0.0752. The Kier molecular flexibility index (Phi) is 5.43. The quantitative estimate of drug-likeness (QED) is 0.616. The van der Waals surface area contributed by atoms with Crippen LogP contribution in [0.1, 0.15) is 25.7 Å². The molecule has 4 heterocycles. The second-order valence-electron chi connectivity index (χ2n) is 6.18. The van der Waals surface area contributed by atoms with Gasteiger partial charge in [0.2, 0.25) is 0 Å². The fourth-order valence-electron chi connectivity index (χ4n) is 3.09. The van der Waals surface area contributed by atoms with Crippen molar-refractivity contribution in [3.63, 3.8) is 0 Å². The van der Waals surface area contributed by atoms with Gasteiger partial charge in [-0.05, 0) is 38.3 Å². The van der Waals surface area contributed by atoms with Crippen LogP contribution in [0.5, 0.6) is 0 Å². The van der Waals surface area contributed by atoms with Gasteiger partial charge in [0.1, 0.15) is 17.8 Å². The Balaban J connectivity index is 0.000000188. The van der Waals surface area contributed by atoms with Crippen LogP contribution in [-0.4, -0.2) is 63.6 Å². The summed E-state index contributed by atoms with van der Waals surface area (Å²) in [5.74, 6) is 0.921. The predicted molar refractivity (Wildman–Crippen MR) is 89.5 cm³/mol. The van der Waals surface area contributed by atoms with Gasteiger partial charge in [-0.3, -0.25) is 0 Å². The molecule has 0 aliphatic carbocycles. The maximum atomic E-state index is 9.67. The van der Waals surface area contributed by atoms with Gasteiger partial charge in [-0.2, -0.15) is 0 Å². The summed E-state index contributed by atoms with van der Waals surface area (Å²) in [5.41, 5.74) is 0.852. The third-order valence-corrected chi connectivity index (χ3v) is 4.30. The first kappa shape index (κ1) is 16.2. The van der Waals surface area contributed by atoms with E-state index in [1.165, 1.54) is 0 Å². The number of aliphatic hydroxyl groups excluding tert-OH is 2. The average Bonchev–Trinajstić information content (AvgIpc) is 3.05. The summed E-state index contributed by atoms with van der Waals surface area (Å²) in [6.07, 6.45) is 7.12. The molecule has 4 N–H and O–H groups in total. The van der Waals surface area contributed by atoms with Crippen molar-refractivity contribution in [2.45, 2.75) is 37.9 Å². The number of nitrogens with zero attached hydrogens (tertiary/aromatic N) is 3. The van der Waals surface area contributed by atoms with Crippen LogP contribution in [0.15, 0.2) is 18.6 Å². The summed E-state index contributed by atoms with van der Waals surface area (Å²) >= 11 is 0. The maximum absolute atomic E-state index is 9.67. The van der Waals surface area contributed by atoms with E-state index >= 15 is 0 Å². The van der Waals surface area contributed by atoms with Crippen molar-refractivity contribution in [2.75, 3.05) is 31.1 Å². The van der Waals surface area contributed by atoms with Gasteiger partial charge < -0.3 is 25.4 Å². The first-order chi connectivity index (χ1) is 11.2. The topological polar surface area (TPSA) is 97.3 Å². The minimum Gasteiger partial charge on any atom is -0.392 e. The Hall–Kier alpha value is -1.70. The van der Waals surface area contributed by atoms with Crippen LogP contribution in [0.25, 0.3) is 11.0 Å². The van der Waals surface area contributed by atoms with Crippen LogP contribution >= 0.6 is 0 Å². The van der Waals surface area contributed by atoms with Crippen molar-refractivity contribution >= 4 is 16.9 Å². The summed E-state index contributed by atoms with van der Waals surface area (Å²) in [7, 11) is 0. The van der Waals surface area contributed by atoms with Gasteiger partial charge in [0.05, 0.1) is 17.6 Å². The third kappa shape index (κ3) is 4.19. The van der Waals surface area contributed by atoms with E-state index in [2.05, 4.69) is 25.2 Å². The molecule has 7 nitrogen and oxygen atoms in total. The van der Waals surface area contributed by atoms with Crippen molar-refractivity contribution in [1.29, 1.82) is 0 Å². The first-order valence-electron chi connectivity index (χ1n) is 8.34. The van der Waals surface area contributed by atoms with Gasteiger partial charge in [-0.25, -0.2) is 9.97 Å². The van der Waals surface area contributed by atoms with Gasteiger partial charge in [0, 0.05) is 25.8 Å². The summed E-state index contributed by atoms with van der Waals surface area (Å²) in [4.78, 5) is 13.7. The minimum atomic E-state index is -0.238. The Labute approximate surface area is 135 Å². The number of nitrogens with one attached hydrogen (secondary N) is 2. The molecular weight excluding hydrogens is 294 g/mol. The van der Waals surface area contributed by atoms with Crippen molar-refractivity contribution in [3.05, 3.63) is 18.6 Å². The molecule has 2 aliphatic heterocycles. The molecule has 7 heteroatoms. The fourth-order valence-corrected chi connectivity index (χ4v) is 3.09. The maximum Gasteiger partial charge on any atom is 0.142 e. The highest BCUT2D eigenvalue weighted by molar-refractivity contribution is 5.87. The molecule has 0 saturated carbocycles. The molecule has 2 unspecified atom stereocenters. The van der Waals surface area contributed by atoms with E-state index in [4.69, 9.17) is 5.11 Å². The van der Waals surface area contributed by atoms with E-state index in [1.807, 2.05) is 12.3 Å². The number of H-pyrrole nitrogens is 1. The number of rotatable bonds is 1. The molecule has 2 aliphatic rings. The molecule has 0 aromatic carbocycles. The highest BCUT2D eigenvalue weighted by Crippen LogP contribution is 2.24. The van der Waals surface area contributed by atoms with E-state index in [0.29, 0.717) is 6.54 Å². The average molecular weight is 319 g/mol. The SMILES string of the molecule is OC1CCCN(c2ncnc3[nH]ccc23)C1.OC1CCCNC1. The zero-order valence-corrected chi connectivity index (χ0v) is 13.3. The Morgan fingerprint density at radius 2 is 2.00 bits per heavy atom. The molecule has 2 saturated heterocycles. The number of piperidine rings is 2. The molecule has 2 fully saturated rings. The van der Waals surface area contributed by atoms with Crippen LogP contribution < -0.4 is 10.2 Å². The highest BCUT2D eigenvalue weighted by atomic mass is 16.3. The summed E-state index contributed by atoms with van der Waals surface area (Å²) < 4.78 is 0. The smallest absolute Gasteiger partial charge is 0.142 e. The van der Waals surface area contributed by atoms with Gasteiger partial charge in [0.15, 0.2) is 0 Å². The molecule has 0 spiro atoms. The zero-order chi connectivity index (χ0) is 16.1. The van der Waals surface area contributed by atoms with E-state index < -0.39 is 0 Å². The van der Waals surface area contributed by atoms with Crippen molar-refractivity contribution < 1.29 is 10.2 Å². The van der Waals surface area contributed by atoms with Crippen LogP contribution in [0, 0.1) is 0 Å². The molecule has 2 aromatic rings. The number of hydrogen-bond donors (Lipinski definition) is 4. The molecule has 0 radical (unpaired) electrons. The predicted octanol–water partition coefficient (Wildman–Crippen LogP) is 0.650. The molecule has 2 atom stereocenters. The largest absolute Gasteiger partial charge is 0.392 e.